The minimum absolute atomic E-state index is 0.0259. The maximum absolute atomic E-state index is 12.0. The van der Waals surface area contributed by atoms with Crippen molar-refractivity contribution in [3.63, 3.8) is 0 Å². The standard InChI is InChI=1S/C14H23N3O4/c18-5-7-21-13-10-20-6-4-12(13)17-14(19)3-1-2-11-8-15-16-9-11/h8-9,12-13,18H,1-7,10H2,(H,15,16)(H,17,19)/t12-,13-/m1/s1. The van der Waals surface area contributed by atoms with Gasteiger partial charge in [-0.25, -0.2) is 0 Å². The van der Waals surface area contributed by atoms with E-state index in [2.05, 4.69) is 15.5 Å². The van der Waals surface area contributed by atoms with Crippen molar-refractivity contribution in [2.75, 3.05) is 26.4 Å². The molecule has 3 N–H and O–H groups in total. The summed E-state index contributed by atoms with van der Waals surface area (Å²) in [7, 11) is 0. The Bertz CT molecular complexity index is 410. The number of rotatable bonds is 8. The third-order valence-electron chi connectivity index (χ3n) is 3.50. The third kappa shape index (κ3) is 5.45. The second-order valence-corrected chi connectivity index (χ2v) is 5.13. The number of carbonyl (C=O) groups excluding carboxylic acids is 1. The number of hydrogen-bond acceptors (Lipinski definition) is 5. The Labute approximate surface area is 124 Å². The lowest BCUT2D eigenvalue weighted by Crippen LogP contribution is -2.50. The van der Waals surface area contributed by atoms with Gasteiger partial charge in [-0.3, -0.25) is 9.89 Å². The number of aromatic amines is 1. The van der Waals surface area contributed by atoms with Crippen molar-refractivity contribution in [3.8, 4) is 0 Å². The van der Waals surface area contributed by atoms with Gasteiger partial charge in [-0.2, -0.15) is 5.10 Å². The molecule has 21 heavy (non-hydrogen) atoms. The van der Waals surface area contributed by atoms with Gasteiger partial charge in [0.1, 0.15) is 6.10 Å². The predicted octanol–water partition coefficient (Wildman–Crippen LogP) is 0.0150. The number of aromatic nitrogens is 2. The first-order valence-corrected chi connectivity index (χ1v) is 7.37. The molecule has 1 amide bonds. The third-order valence-corrected chi connectivity index (χ3v) is 3.50. The van der Waals surface area contributed by atoms with Gasteiger partial charge in [0.15, 0.2) is 0 Å². The van der Waals surface area contributed by atoms with Crippen LogP contribution in [0.3, 0.4) is 0 Å². The largest absolute Gasteiger partial charge is 0.394 e. The van der Waals surface area contributed by atoms with Gasteiger partial charge in [0.2, 0.25) is 5.91 Å². The van der Waals surface area contributed by atoms with Gasteiger partial charge in [0.25, 0.3) is 0 Å². The van der Waals surface area contributed by atoms with Crippen molar-refractivity contribution in [1.82, 2.24) is 15.5 Å². The molecular formula is C14H23N3O4. The molecule has 1 aliphatic heterocycles. The van der Waals surface area contributed by atoms with Crippen LogP contribution in [0.2, 0.25) is 0 Å². The highest BCUT2D eigenvalue weighted by Gasteiger charge is 2.27. The summed E-state index contributed by atoms with van der Waals surface area (Å²) >= 11 is 0. The molecular weight excluding hydrogens is 274 g/mol. The van der Waals surface area contributed by atoms with Crippen LogP contribution in [0.25, 0.3) is 0 Å². The van der Waals surface area contributed by atoms with Crippen molar-refractivity contribution in [2.24, 2.45) is 0 Å². The molecule has 1 aliphatic rings. The van der Waals surface area contributed by atoms with E-state index in [0.717, 1.165) is 24.8 Å². The van der Waals surface area contributed by atoms with E-state index >= 15 is 0 Å². The maximum Gasteiger partial charge on any atom is 0.220 e. The number of hydrogen-bond donors (Lipinski definition) is 3. The highest BCUT2D eigenvalue weighted by atomic mass is 16.5. The number of H-pyrrole nitrogens is 1. The van der Waals surface area contributed by atoms with Gasteiger partial charge in [-0.1, -0.05) is 0 Å². The summed E-state index contributed by atoms with van der Waals surface area (Å²) in [6.07, 6.45) is 6.28. The number of nitrogens with zero attached hydrogens (tertiary/aromatic N) is 1. The Hall–Kier alpha value is -1.44. The first-order valence-electron chi connectivity index (χ1n) is 7.37. The second-order valence-electron chi connectivity index (χ2n) is 5.13. The van der Waals surface area contributed by atoms with E-state index in [1.54, 1.807) is 6.20 Å². The Balaban J connectivity index is 1.69. The average molecular weight is 297 g/mol. The van der Waals surface area contributed by atoms with E-state index < -0.39 is 0 Å². The van der Waals surface area contributed by atoms with Crippen molar-refractivity contribution in [2.45, 2.75) is 37.8 Å². The SMILES string of the molecule is O=C(CCCc1cn[nH]c1)N[C@@H]1CCOC[C@H]1OCCO. The van der Waals surface area contributed by atoms with Crippen LogP contribution in [-0.2, 0) is 20.7 Å². The minimum atomic E-state index is -0.177. The Morgan fingerprint density at radius 2 is 2.52 bits per heavy atom. The van der Waals surface area contributed by atoms with Crippen LogP contribution in [0, 0.1) is 0 Å². The zero-order valence-electron chi connectivity index (χ0n) is 12.1. The molecule has 0 radical (unpaired) electrons. The van der Waals surface area contributed by atoms with Crippen LogP contribution in [0.5, 0.6) is 0 Å². The Morgan fingerprint density at radius 3 is 3.29 bits per heavy atom. The highest BCUT2D eigenvalue weighted by Crippen LogP contribution is 2.12. The van der Waals surface area contributed by atoms with E-state index in [9.17, 15) is 4.79 Å². The summed E-state index contributed by atoms with van der Waals surface area (Å²) in [6, 6.07) is -0.0354. The fourth-order valence-electron chi connectivity index (χ4n) is 2.39. The molecule has 0 aromatic carbocycles. The zero-order valence-corrected chi connectivity index (χ0v) is 12.1. The number of ether oxygens (including phenoxy) is 2. The fraction of sp³-hybridized carbons (Fsp3) is 0.714. The minimum Gasteiger partial charge on any atom is -0.394 e. The lowest BCUT2D eigenvalue weighted by Gasteiger charge is -2.32. The van der Waals surface area contributed by atoms with Gasteiger partial charge in [-0.05, 0) is 24.8 Å². The summed E-state index contributed by atoms with van der Waals surface area (Å²) in [6.45, 7) is 1.32. The maximum atomic E-state index is 12.0. The van der Waals surface area contributed by atoms with E-state index in [0.29, 0.717) is 19.6 Å². The molecule has 1 saturated heterocycles. The Morgan fingerprint density at radius 1 is 1.62 bits per heavy atom. The number of aliphatic hydroxyl groups is 1. The van der Waals surface area contributed by atoms with Crippen LogP contribution in [0.4, 0.5) is 0 Å². The van der Waals surface area contributed by atoms with E-state index in [-0.39, 0.29) is 31.3 Å². The first-order chi connectivity index (χ1) is 10.3. The summed E-state index contributed by atoms with van der Waals surface area (Å²) < 4.78 is 10.9. The van der Waals surface area contributed by atoms with Crippen molar-refractivity contribution >= 4 is 5.91 Å². The van der Waals surface area contributed by atoms with Crippen molar-refractivity contribution in [1.29, 1.82) is 0 Å². The molecule has 0 unspecified atom stereocenters. The van der Waals surface area contributed by atoms with E-state index in [1.807, 2.05) is 6.20 Å². The molecule has 2 heterocycles. The summed E-state index contributed by atoms with van der Waals surface area (Å²) in [4.78, 5) is 12.0. The summed E-state index contributed by atoms with van der Waals surface area (Å²) in [5.74, 6) is 0.0305. The quantitative estimate of drug-likeness (QED) is 0.628. The number of aliphatic hydroxyl groups excluding tert-OH is 1. The highest BCUT2D eigenvalue weighted by molar-refractivity contribution is 5.76. The predicted molar refractivity (Wildman–Crippen MR) is 75.7 cm³/mol. The van der Waals surface area contributed by atoms with Gasteiger partial charge in [0, 0.05) is 19.2 Å². The van der Waals surface area contributed by atoms with Crippen LogP contribution in [0.15, 0.2) is 12.4 Å². The molecule has 1 aromatic heterocycles. The van der Waals surface area contributed by atoms with Crippen LogP contribution < -0.4 is 5.32 Å². The topological polar surface area (TPSA) is 96.5 Å². The van der Waals surface area contributed by atoms with E-state index in [1.165, 1.54) is 0 Å². The lowest BCUT2D eigenvalue weighted by atomic mass is 10.1. The normalized spacial score (nSPS) is 22.1. The van der Waals surface area contributed by atoms with Crippen LogP contribution in [-0.4, -0.2) is 59.8 Å². The zero-order chi connectivity index (χ0) is 14.9. The molecule has 2 rings (SSSR count). The van der Waals surface area contributed by atoms with Gasteiger partial charge >= 0.3 is 0 Å². The molecule has 0 spiro atoms. The first kappa shape index (κ1) is 15.9. The molecule has 7 heteroatoms. The van der Waals surface area contributed by atoms with Crippen LogP contribution in [0.1, 0.15) is 24.8 Å². The molecule has 1 fully saturated rings. The lowest BCUT2D eigenvalue weighted by molar-refractivity contribution is -0.126. The molecule has 0 bridgehead atoms. The molecule has 2 atom stereocenters. The van der Waals surface area contributed by atoms with Gasteiger partial charge in [-0.15, -0.1) is 0 Å². The average Bonchev–Trinajstić information content (AvgIpc) is 2.99. The second kappa shape index (κ2) is 8.76. The number of nitrogens with one attached hydrogen (secondary N) is 2. The fourth-order valence-corrected chi connectivity index (χ4v) is 2.39. The molecule has 7 nitrogen and oxygen atoms in total. The molecule has 0 saturated carbocycles. The smallest absolute Gasteiger partial charge is 0.220 e. The molecule has 0 aliphatic carbocycles. The van der Waals surface area contributed by atoms with Crippen molar-refractivity contribution < 1.29 is 19.4 Å². The van der Waals surface area contributed by atoms with E-state index in [4.69, 9.17) is 14.6 Å². The van der Waals surface area contributed by atoms with Gasteiger partial charge in [0.05, 0.1) is 32.1 Å². The van der Waals surface area contributed by atoms with Gasteiger partial charge < -0.3 is 19.9 Å². The summed E-state index contributed by atoms with van der Waals surface area (Å²) in [5, 5.41) is 18.5. The summed E-state index contributed by atoms with van der Waals surface area (Å²) in [5.41, 5.74) is 1.11. The van der Waals surface area contributed by atoms with Crippen molar-refractivity contribution in [3.05, 3.63) is 18.0 Å². The number of carbonyl (C=O) groups is 1. The number of aryl methyl sites for hydroxylation is 1. The number of amides is 1. The molecule has 118 valence electrons. The monoisotopic (exact) mass is 297 g/mol. The molecule has 1 aromatic rings. The Kier molecular flexibility index (Phi) is 6.65. The van der Waals surface area contributed by atoms with Crippen LogP contribution >= 0.6 is 0 Å².